The van der Waals surface area contributed by atoms with Crippen molar-refractivity contribution in [3.05, 3.63) is 0 Å². The molecule has 0 bridgehead atoms. The molecule has 0 radical (unpaired) electrons. The molecule has 1 atom stereocenters. The summed E-state index contributed by atoms with van der Waals surface area (Å²) in [5, 5.41) is 0.0381. The van der Waals surface area contributed by atoms with Gasteiger partial charge in [0, 0.05) is 0 Å². The zero-order valence-electron chi connectivity index (χ0n) is 13.9. The van der Waals surface area contributed by atoms with Crippen LogP contribution in [0.15, 0.2) is 0 Å². The molecule has 0 spiro atoms. The Kier molecular flexibility index (Phi) is 12.6. The number of carbonyl (C=O) groups excluding carboxylic acids is 1. The summed E-state index contributed by atoms with van der Waals surface area (Å²) in [6.45, 7) is 7.10. The maximum atomic E-state index is 11.7. The number of carbonyl (C=O) groups is 1. The van der Waals surface area contributed by atoms with E-state index in [1.54, 1.807) is 0 Å². The van der Waals surface area contributed by atoms with Gasteiger partial charge in [0.1, 0.15) is 0 Å². The molecule has 3 heteroatoms. The Labute approximate surface area is 128 Å². The van der Waals surface area contributed by atoms with Crippen LogP contribution in [-0.2, 0) is 9.53 Å². The Morgan fingerprint density at radius 3 is 1.90 bits per heavy atom. The molecular weight excluding hydrogens is 267 g/mol. The molecule has 0 aliphatic rings. The second-order valence-corrected chi connectivity index (χ2v) is 7.17. The molecule has 120 valence electrons. The monoisotopic (exact) mass is 302 g/mol. The van der Waals surface area contributed by atoms with Gasteiger partial charge in [0.2, 0.25) is 0 Å². The predicted molar refractivity (Wildman–Crippen MR) is 91.2 cm³/mol. The van der Waals surface area contributed by atoms with Gasteiger partial charge < -0.3 is 4.74 Å². The van der Waals surface area contributed by atoms with Crippen molar-refractivity contribution in [2.24, 2.45) is 0 Å². The molecule has 0 aliphatic carbocycles. The van der Waals surface area contributed by atoms with E-state index in [9.17, 15) is 4.79 Å². The van der Waals surface area contributed by atoms with Gasteiger partial charge in [-0.25, -0.2) is 0 Å². The number of rotatable bonds is 13. The van der Waals surface area contributed by atoms with Crippen molar-refractivity contribution in [1.82, 2.24) is 0 Å². The highest BCUT2D eigenvalue weighted by Gasteiger charge is 2.24. The lowest BCUT2D eigenvalue weighted by atomic mass is 9.98. The van der Waals surface area contributed by atoms with E-state index in [2.05, 4.69) is 30.0 Å². The van der Waals surface area contributed by atoms with Gasteiger partial charge in [-0.15, -0.1) is 9.24 Å². The SMILES string of the molecule is CCCCCCCCCCOC(=O)CC(P)(CC)CC. The minimum absolute atomic E-state index is 0.0355. The molecule has 1 unspecified atom stereocenters. The Morgan fingerprint density at radius 1 is 0.900 bits per heavy atom. The lowest BCUT2D eigenvalue weighted by Crippen LogP contribution is -2.24. The van der Waals surface area contributed by atoms with Crippen molar-refractivity contribution in [1.29, 1.82) is 0 Å². The highest BCUT2D eigenvalue weighted by Crippen LogP contribution is 2.30. The van der Waals surface area contributed by atoms with Crippen LogP contribution in [0.5, 0.6) is 0 Å². The van der Waals surface area contributed by atoms with Crippen LogP contribution >= 0.6 is 9.24 Å². The number of hydrogen-bond acceptors (Lipinski definition) is 2. The van der Waals surface area contributed by atoms with E-state index in [4.69, 9.17) is 4.74 Å². The fourth-order valence-corrected chi connectivity index (χ4v) is 2.43. The molecule has 0 aromatic carbocycles. The van der Waals surface area contributed by atoms with Gasteiger partial charge in [0.25, 0.3) is 0 Å². The molecule has 0 rings (SSSR count). The van der Waals surface area contributed by atoms with Crippen LogP contribution in [0.3, 0.4) is 0 Å². The third kappa shape index (κ3) is 10.7. The van der Waals surface area contributed by atoms with Crippen LogP contribution < -0.4 is 0 Å². The summed E-state index contributed by atoms with van der Waals surface area (Å²) in [7, 11) is 2.83. The zero-order valence-corrected chi connectivity index (χ0v) is 15.0. The number of hydrogen-bond donors (Lipinski definition) is 0. The summed E-state index contributed by atoms with van der Waals surface area (Å²) in [4.78, 5) is 11.7. The molecule has 0 aromatic heterocycles. The van der Waals surface area contributed by atoms with Crippen LogP contribution in [0.4, 0.5) is 0 Å². The molecule has 0 saturated carbocycles. The molecule has 0 aromatic rings. The van der Waals surface area contributed by atoms with Crippen molar-refractivity contribution in [3.63, 3.8) is 0 Å². The third-order valence-corrected chi connectivity index (χ3v) is 5.19. The van der Waals surface area contributed by atoms with Gasteiger partial charge in [-0.3, -0.25) is 4.79 Å². The van der Waals surface area contributed by atoms with E-state index in [0.717, 1.165) is 19.3 Å². The Morgan fingerprint density at radius 2 is 1.40 bits per heavy atom. The van der Waals surface area contributed by atoms with Crippen molar-refractivity contribution in [3.8, 4) is 0 Å². The quantitative estimate of drug-likeness (QED) is 0.255. The molecule has 0 fully saturated rings. The summed E-state index contributed by atoms with van der Waals surface area (Å²) < 4.78 is 5.33. The molecule has 20 heavy (non-hydrogen) atoms. The summed E-state index contributed by atoms with van der Waals surface area (Å²) in [5.74, 6) is -0.0355. The Balaban J connectivity index is 3.44. The summed E-state index contributed by atoms with van der Waals surface area (Å²) in [6, 6.07) is 0. The van der Waals surface area contributed by atoms with Crippen molar-refractivity contribution in [2.45, 2.75) is 96.6 Å². The lowest BCUT2D eigenvalue weighted by Gasteiger charge is -2.24. The fraction of sp³-hybridized carbons (Fsp3) is 0.941. The maximum Gasteiger partial charge on any atom is 0.306 e. The van der Waals surface area contributed by atoms with Gasteiger partial charge in [-0.2, -0.15) is 0 Å². The first-order valence-corrected chi connectivity index (χ1v) is 9.10. The van der Waals surface area contributed by atoms with E-state index in [-0.39, 0.29) is 11.1 Å². The second kappa shape index (κ2) is 12.6. The standard InChI is InChI=1S/C17H35O2P/c1-4-7-8-9-10-11-12-13-14-19-16(18)15-17(20,5-2)6-3/h4-15,20H2,1-3H3. The van der Waals surface area contributed by atoms with E-state index >= 15 is 0 Å². The molecule has 0 amide bonds. The second-order valence-electron chi connectivity index (χ2n) is 5.94. The topological polar surface area (TPSA) is 26.3 Å². The zero-order chi connectivity index (χ0) is 15.3. The Bertz CT molecular complexity index is 237. The Hall–Kier alpha value is -0.100. The number of ether oxygens (including phenoxy) is 1. The number of unbranched alkanes of at least 4 members (excludes halogenated alkanes) is 7. The minimum Gasteiger partial charge on any atom is -0.466 e. The van der Waals surface area contributed by atoms with E-state index in [1.165, 1.54) is 44.9 Å². The van der Waals surface area contributed by atoms with Crippen LogP contribution in [0.2, 0.25) is 0 Å². The van der Waals surface area contributed by atoms with Crippen LogP contribution in [0.1, 0.15) is 91.4 Å². The van der Waals surface area contributed by atoms with Crippen molar-refractivity contribution >= 4 is 15.2 Å². The first kappa shape index (κ1) is 19.9. The van der Waals surface area contributed by atoms with Crippen molar-refractivity contribution in [2.75, 3.05) is 6.61 Å². The average Bonchev–Trinajstić information content (AvgIpc) is 2.45. The van der Waals surface area contributed by atoms with Gasteiger partial charge in [-0.1, -0.05) is 65.7 Å². The normalized spacial score (nSPS) is 11.6. The van der Waals surface area contributed by atoms with Gasteiger partial charge >= 0.3 is 5.97 Å². The molecule has 2 nitrogen and oxygen atoms in total. The predicted octanol–water partition coefficient (Wildman–Crippen LogP) is 5.49. The van der Waals surface area contributed by atoms with Crippen LogP contribution in [-0.4, -0.2) is 17.7 Å². The highest BCUT2D eigenvalue weighted by molar-refractivity contribution is 7.19. The van der Waals surface area contributed by atoms with E-state index < -0.39 is 0 Å². The van der Waals surface area contributed by atoms with Crippen LogP contribution in [0, 0.1) is 0 Å². The fourth-order valence-electron chi connectivity index (χ4n) is 2.26. The molecule has 0 saturated heterocycles. The van der Waals surface area contributed by atoms with Gasteiger partial charge in [-0.05, 0) is 24.4 Å². The molecule has 0 aliphatic heterocycles. The first-order valence-electron chi connectivity index (χ1n) is 8.52. The van der Waals surface area contributed by atoms with Crippen LogP contribution in [0.25, 0.3) is 0 Å². The summed E-state index contributed by atoms with van der Waals surface area (Å²) >= 11 is 0. The first-order chi connectivity index (χ1) is 9.58. The molecular formula is C17H35O2P. The average molecular weight is 302 g/mol. The van der Waals surface area contributed by atoms with E-state index in [0.29, 0.717) is 13.0 Å². The highest BCUT2D eigenvalue weighted by atomic mass is 31.0. The third-order valence-electron chi connectivity index (χ3n) is 4.17. The maximum absolute atomic E-state index is 11.7. The minimum atomic E-state index is -0.0355. The summed E-state index contributed by atoms with van der Waals surface area (Å²) in [6.07, 6.45) is 12.7. The largest absolute Gasteiger partial charge is 0.466 e. The number of esters is 1. The van der Waals surface area contributed by atoms with Gasteiger partial charge in [0.15, 0.2) is 0 Å². The van der Waals surface area contributed by atoms with Gasteiger partial charge in [0.05, 0.1) is 13.0 Å². The summed E-state index contributed by atoms with van der Waals surface area (Å²) in [5.41, 5.74) is 0. The lowest BCUT2D eigenvalue weighted by molar-refractivity contribution is -0.144. The van der Waals surface area contributed by atoms with E-state index in [1.807, 2.05) is 0 Å². The molecule has 0 heterocycles. The smallest absolute Gasteiger partial charge is 0.306 e. The van der Waals surface area contributed by atoms with Crippen molar-refractivity contribution < 1.29 is 9.53 Å². The molecule has 0 N–H and O–H groups in total.